The van der Waals surface area contributed by atoms with Crippen molar-refractivity contribution in [2.75, 3.05) is 44.6 Å². The molecular weight excluding hydrogens is 439 g/mol. The number of carbonyl (C=O) groups excluding carboxylic acids is 3. The summed E-state index contributed by atoms with van der Waals surface area (Å²) >= 11 is 12.1. The summed E-state index contributed by atoms with van der Waals surface area (Å²) in [6.45, 7) is 8.78. The maximum atomic E-state index is 13.1. The van der Waals surface area contributed by atoms with E-state index in [1.807, 2.05) is 25.7 Å². The van der Waals surface area contributed by atoms with Gasteiger partial charge in [0.15, 0.2) is 0 Å². The van der Waals surface area contributed by atoms with Crippen LogP contribution in [-0.4, -0.2) is 71.8 Å². The van der Waals surface area contributed by atoms with Crippen molar-refractivity contribution in [1.82, 2.24) is 14.7 Å². The Morgan fingerprint density at radius 2 is 1.71 bits per heavy atom. The van der Waals surface area contributed by atoms with Crippen LogP contribution in [0.15, 0.2) is 18.2 Å². The molecule has 0 unspecified atom stereocenters. The molecule has 4 amide bonds. The Morgan fingerprint density at radius 3 is 2.29 bits per heavy atom. The number of hydrogen-bond donors (Lipinski definition) is 1. The third-order valence-electron chi connectivity index (χ3n) is 5.49. The van der Waals surface area contributed by atoms with Gasteiger partial charge in [0.2, 0.25) is 11.8 Å². The van der Waals surface area contributed by atoms with Gasteiger partial charge in [-0.3, -0.25) is 9.59 Å². The topological polar surface area (TPSA) is 73.0 Å². The fraction of sp³-hybridized carbons (Fsp3) is 0.591. The van der Waals surface area contributed by atoms with Gasteiger partial charge in [0.05, 0.1) is 17.3 Å². The van der Waals surface area contributed by atoms with Crippen molar-refractivity contribution in [2.45, 2.75) is 40.0 Å². The van der Waals surface area contributed by atoms with E-state index >= 15 is 0 Å². The van der Waals surface area contributed by atoms with Crippen molar-refractivity contribution in [2.24, 2.45) is 5.92 Å². The number of hydrogen-bond acceptors (Lipinski definition) is 3. The number of urea groups is 1. The van der Waals surface area contributed by atoms with E-state index in [-0.39, 0.29) is 30.3 Å². The second kappa shape index (κ2) is 12.2. The zero-order chi connectivity index (χ0) is 23.0. The fourth-order valence-corrected chi connectivity index (χ4v) is 4.10. The second-order valence-electron chi connectivity index (χ2n) is 7.65. The Hall–Kier alpha value is -1.99. The number of anilines is 1. The van der Waals surface area contributed by atoms with Gasteiger partial charge in [-0.15, -0.1) is 0 Å². The number of nitrogens with one attached hydrogen (secondary N) is 1. The van der Waals surface area contributed by atoms with Crippen LogP contribution >= 0.6 is 23.2 Å². The largest absolute Gasteiger partial charge is 0.333 e. The van der Waals surface area contributed by atoms with E-state index in [2.05, 4.69) is 5.32 Å². The van der Waals surface area contributed by atoms with Crippen LogP contribution in [0.3, 0.4) is 0 Å². The molecule has 1 aromatic carbocycles. The highest BCUT2D eigenvalue weighted by atomic mass is 35.5. The normalized spacial score (nSPS) is 14.3. The van der Waals surface area contributed by atoms with E-state index in [1.54, 1.807) is 28.0 Å². The van der Waals surface area contributed by atoms with Gasteiger partial charge < -0.3 is 20.0 Å². The quantitative estimate of drug-likeness (QED) is 0.613. The molecule has 1 aromatic rings. The van der Waals surface area contributed by atoms with Gasteiger partial charge in [-0.25, -0.2) is 4.79 Å². The van der Waals surface area contributed by atoms with E-state index in [9.17, 15) is 14.4 Å². The molecule has 0 radical (unpaired) electrons. The van der Waals surface area contributed by atoms with Crippen LogP contribution in [0.4, 0.5) is 10.5 Å². The van der Waals surface area contributed by atoms with Gasteiger partial charge in [-0.2, -0.15) is 0 Å². The Balaban J connectivity index is 1.95. The Bertz CT molecular complexity index is 778. The van der Waals surface area contributed by atoms with Crippen LogP contribution in [0, 0.1) is 5.92 Å². The second-order valence-corrected chi connectivity index (χ2v) is 8.49. The molecular formula is C22H32Cl2N4O3. The van der Waals surface area contributed by atoms with Crippen molar-refractivity contribution in [1.29, 1.82) is 0 Å². The zero-order valence-corrected chi connectivity index (χ0v) is 20.0. The summed E-state index contributed by atoms with van der Waals surface area (Å²) in [6.07, 6.45) is 1.96. The predicted octanol–water partition coefficient (Wildman–Crippen LogP) is 4.34. The van der Waals surface area contributed by atoms with Crippen molar-refractivity contribution >= 4 is 46.7 Å². The van der Waals surface area contributed by atoms with E-state index in [4.69, 9.17) is 23.2 Å². The molecule has 1 aliphatic rings. The summed E-state index contributed by atoms with van der Waals surface area (Å²) in [6, 6.07) is 4.86. The molecule has 1 N–H and O–H groups in total. The van der Waals surface area contributed by atoms with Gasteiger partial charge in [-0.1, -0.05) is 30.1 Å². The third-order valence-corrected chi connectivity index (χ3v) is 6.06. The monoisotopic (exact) mass is 470 g/mol. The van der Waals surface area contributed by atoms with Gasteiger partial charge in [0.1, 0.15) is 0 Å². The lowest BCUT2D eigenvalue weighted by molar-refractivity contribution is -0.139. The first-order chi connectivity index (χ1) is 14.8. The number of likely N-dealkylation sites (tertiary alicyclic amines) is 1. The molecule has 1 heterocycles. The smallest absolute Gasteiger partial charge is 0.319 e. The van der Waals surface area contributed by atoms with Crippen LogP contribution in [0.1, 0.15) is 40.0 Å². The number of piperidine rings is 1. The maximum absolute atomic E-state index is 13.1. The number of rotatable bonds is 8. The number of benzene rings is 1. The summed E-state index contributed by atoms with van der Waals surface area (Å²) in [7, 11) is 0. The lowest BCUT2D eigenvalue weighted by Gasteiger charge is -2.36. The first-order valence-corrected chi connectivity index (χ1v) is 11.6. The molecule has 0 saturated carbocycles. The van der Waals surface area contributed by atoms with Crippen LogP contribution in [0.5, 0.6) is 0 Å². The minimum absolute atomic E-state index is 0.0269. The van der Waals surface area contributed by atoms with Crippen molar-refractivity contribution in [3.05, 3.63) is 28.2 Å². The SMILES string of the molecule is CCCN(CC(=O)Nc1cc(Cl)ccc1Cl)C(=O)C1CCN(C(=O)N(CC)CC)CC1. The first kappa shape index (κ1) is 25.3. The first-order valence-electron chi connectivity index (χ1n) is 10.9. The van der Waals surface area contributed by atoms with E-state index in [0.717, 1.165) is 6.42 Å². The number of carbonyl (C=O) groups is 3. The predicted molar refractivity (Wildman–Crippen MR) is 125 cm³/mol. The van der Waals surface area contributed by atoms with Gasteiger partial charge in [0, 0.05) is 43.7 Å². The average molecular weight is 471 g/mol. The molecule has 9 heteroatoms. The molecule has 31 heavy (non-hydrogen) atoms. The summed E-state index contributed by atoms with van der Waals surface area (Å²) in [5, 5.41) is 3.59. The fourth-order valence-electron chi connectivity index (χ4n) is 3.76. The van der Waals surface area contributed by atoms with Crippen LogP contribution in [-0.2, 0) is 9.59 Å². The number of nitrogens with zero attached hydrogens (tertiary/aromatic N) is 3. The van der Waals surface area contributed by atoms with Crippen molar-refractivity contribution < 1.29 is 14.4 Å². The minimum Gasteiger partial charge on any atom is -0.333 e. The van der Waals surface area contributed by atoms with Gasteiger partial charge in [0.25, 0.3) is 0 Å². The van der Waals surface area contributed by atoms with Crippen LogP contribution in [0.2, 0.25) is 10.0 Å². The van der Waals surface area contributed by atoms with Crippen molar-refractivity contribution in [3.63, 3.8) is 0 Å². The van der Waals surface area contributed by atoms with Gasteiger partial charge >= 0.3 is 6.03 Å². The lowest BCUT2D eigenvalue weighted by Crippen LogP contribution is -2.49. The third kappa shape index (κ3) is 7.01. The maximum Gasteiger partial charge on any atom is 0.319 e. The Morgan fingerprint density at radius 1 is 1.06 bits per heavy atom. The van der Waals surface area contributed by atoms with Crippen molar-refractivity contribution in [3.8, 4) is 0 Å². The average Bonchev–Trinajstić information content (AvgIpc) is 2.76. The molecule has 0 bridgehead atoms. The van der Waals surface area contributed by atoms with E-state index in [1.165, 1.54) is 0 Å². The minimum atomic E-state index is -0.319. The zero-order valence-electron chi connectivity index (χ0n) is 18.5. The van der Waals surface area contributed by atoms with E-state index < -0.39 is 0 Å². The molecule has 0 aromatic heterocycles. The Kier molecular flexibility index (Phi) is 9.91. The molecule has 172 valence electrons. The molecule has 1 saturated heterocycles. The summed E-state index contributed by atoms with van der Waals surface area (Å²) in [5.74, 6) is -0.542. The van der Waals surface area contributed by atoms with Crippen LogP contribution in [0.25, 0.3) is 0 Å². The molecule has 7 nitrogen and oxygen atoms in total. The molecule has 0 spiro atoms. The highest BCUT2D eigenvalue weighted by Gasteiger charge is 2.31. The van der Waals surface area contributed by atoms with E-state index in [0.29, 0.717) is 61.3 Å². The summed E-state index contributed by atoms with van der Waals surface area (Å²) < 4.78 is 0. The molecule has 0 atom stereocenters. The number of halogens is 2. The highest BCUT2D eigenvalue weighted by Crippen LogP contribution is 2.26. The molecule has 1 fully saturated rings. The molecule has 1 aliphatic heterocycles. The molecule has 0 aliphatic carbocycles. The standard InChI is InChI=1S/C22H32Cl2N4O3/c1-4-11-28(15-20(29)25-19-14-17(23)7-8-18(19)24)21(30)16-9-12-27(13-10-16)22(31)26(5-2)6-3/h7-8,14,16H,4-6,9-13,15H2,1-3H3,(H,25,29). The summed E-state index contributed by atoms with van der Waals surface area (Å²) in [4.78, 5) is 43.4. The van der Waals surface area contributed by atoms with Gasteiger partial charge in [-0.05, 0) is 51.3 Å². The number of amides is 4. The van der Waals surface area contributed by atoms with Crippen LogP contribution < -0.4 is 5.32 Å². The summed E-state index contributed by atoms with van der Waals surface area (Å²) in [5.41, 5.74) is 0.422. The highest BCUT2D eigenvalue weighted by molar-refractivity contribution is 6.35. The Labute approximate surface area is 194 Å². The lowest BCUT2D eigenvalue weighted by atomic mass is 9.95. The molecule has 2 rings (SSSR count).